The first-order valence-corrected chi connectivity index (χ1v) is 9.02. The number of rotatable bonds is 7. The highest BCUT2D eigenvalue weighted by Gasteiger charge is 2.08. The van der Waals surface area contributed by atoms with E-state index in [2.05, 4.69) is 10.6 Å². The molecule has 3 aromatic rings. The Hall–Kier alpha value is -3.47. The van der Waals surface area contributed by atoms with Gasteiger partial charge in [0.1, 0.15) is 11.5 Å². The van der Waals surface area contributed by atoms with Crippen LogP contribution in [0.25, 0.3) is 0 Å². The van der Waals surface area contributed by atoms with Gasteiger partial charge >= 0.3 is 0 Å². The van der Waals surface area contributed by atoms with Crippen molar-refractivity contribution in [2.75, 3.05) is 24.9 Å². The van der Waals surface area contributed by atoms with Crippen LogP contribution in [0.3, 0.4) is 0 Å². The van der Waals surface area contributed by atoms with Crippen LogP contribution in [0.2, 0.25) is 0 Å². The van der Waals surface area contributed by atoms with Gasteiger partial charge in [0.2, 0.25) is 5.91 Å². The minimum absolute atomic E-state index is 0.0375. The van der Waals surface area contributed by atoms with E-state index in [9.17, 15) is 4.79 Å². The number of methoxy groups -OCH3 is 2. The van der Waals surface area contributed by atoms with Crippen LogP contribution >= 0.6 is 0 Å². The van der Waals surface area contributed by atoms with Crippen molar-refractivity contribution in [3.8, 4) is 11.5 Å². The van der Waals surface area contributed by atoms with Crippen molar-refractivity contribution < 1.29 is 14.3 Å². The summed E-state index contributed by atoms with van der Waals surface area (Å²) < 4.78 is 10.7. The molecule has 144 valence electrons. The lowest BCUT2D eigenvalue weighted by atomic mass is 10.1. The number of carbonyl (C=O) groups excluding carboxylic acids is 1. The van der Waals surface area contributed by atoms with Crippen molar-refractivity contribution in [2.45, 2.75) is 13.3 Å². The Kier molecular flexibility index (Phi) is 6.17. The fourth-order valence-electron chi connectivity index (χ4n) is 2.89. The Labute approximate surface area is 165 Å². The summed E-state index contributed by atoms with van der Waals surface area (Å²) in [6, 6.07) is 21.0. The van der Waals surface area contributed by atoms with Gasteiger partial charge in [0.25, 0.3) is 0 Å². The van der Waals surface area contributed by atoms with E-state index < -0.39 is 0 Å². The first kappa shape index (κ1) is 19.3. The topological polar surface area (TPSA) is 59.6 Å². The number of hydrogen-bond acceptors (Lipinski definition) is 4. The quantitative estimate of drug-likeness (QED) is 0.613. The van der Waals surface area contributed by atoms with Crippen molar-refractivity contribution in [1.82, 2.24) is 0 Å². The Morgan fingerprint density at radius 3 is 2.29 bits per heavy atom. The van der Waals surface area contributed by atoms with Gasteiger partial charge < -0.3 is 20.1 Å². The molecule has 0 heterocycles. The van der Waals surface area contributed by atoms with E-state index in [4.69, 9.17) is 9.47 Å². The lowest BCUT2D eigenvalue weighted by Crippen LogP contribution is -2.14. The molecule has 3 aromatic carbocycles. The number of anilines is 3. The molecule has 0 aliphatic rings. The van der Waals surface area contributed by atoms with E-state index >= 15 is 0 Å². The van der Waals surface area contributed by atoms with Crippen molar-refractivity contribution in [2.24, 2.45) is 0 Å². The highest BCUT2D eigenvalue weighted by molar-refractivity contribution is 5.92. The summed E-state index contributed by atoms with van der Waals surface area (Å²) in [4.78, 5) is 12.3. The molecule has 0 atom stereocenters. The summed E-state index contributed by atoms with van der Waals surface area (Å²) in [5, 5.41) is 6.25. The monoisotopic (exact) mass is 376 g/mol. The summed E-state index contributed by atoms with van der Waals surface area (Å²) in [6.07, 6.45) is 0.355. The van der Waals surface area contributed by atoms with Gasteiger partial charge in [-0.3, -0.25) is 4.79 Å². The van der Waals surface area contributed by atoms with Crippen molar-refractivity contribution in [1.29, 1.82) is 0 Å². The summed E-state index contributed by atoms with van der Waals surface area (Å²) in [6.45, 7) is 2.01. The smallest absolute Gasteiger partial charge is 0.228 e. The first-order valence-electron chi connectivity index (χ1n) is 9.02. The van der Waals surface area contributed by atoms with Gasteiger partial charge in [0.05, 0.1) is 26.3 Å². The number of amides is 1. The van der Waals surface area contributed by atoms with Crippen LogP contribution in [0.15, 0.2) is 66.7 Å². The molecule has 0 bridgehead atoms. The van der Waals surface area contributed by atoms with Gasteiger partial charge in [-0.1, -0.05) is 24.3 Å². The van der Waals surface area contributed by atoms with Crippen molar-refractivity contribution in [3.63, 3.8) is 0 Å². The third kappa shape index (κ3) is 4.82. The lowest BCUT2D eigenvalue weighted by molar-refractivity contribution is -0.115. The van der Waals surface area contributed by atoms with Crippen LogP contribution in [-0.4, -0.2) is 20.1 Å². The highest BCUT2D eigenvalue weighted by Crippen LogP contribution is 2.31. The maximum atomic E-state index is 12.3. The first-order chi connectivity index (χ1) is 13.6. The zero-order chi connectivity index (χ0) is 19.9. The zero-order valence-corrected chi connectivity index (χ0v) is 16.3. The molecule has 0 aromatic heterocycles. The van der Waals surface area contributed by atoms with Gasteiger partial charge in [-0.05, 0) is 54.4 Å². The molecule has 5 nitrogen and oxygen atoms in total. The fourth-order valence-corrected chi connectivity index (χ4v) is 2.89. The molecule has 3 rings (SSSR count). The number of nitrogens with one attached hydrogen (secondary N) is 2. The van der Waals surface area contributed by atoms with E-state index in [1.165, 1.54) is 0 Å². The van der Waals surface area contributed by atoms with Crippen LogP contribution in [0.5, 0.6) is 11.5 Å². The normalized spacial score (nSPS) is 10.2. The predicted molar refractivity (Wildman–Crippen MR) is 113 cm³/mol. The van der Waals surface area contributed by atoms with Crippen LogP contribution in [-0.2, 0) is 11.2 Å². The third-order valence-electron chi connectivity index (χ3n) is 4.47. The van der Waals surface area contributed by atoms with Crippen LogP contribution in [0, 0.1) is 6.92 Å². The predicted octanol–water partition coefficient (Wildman–Crippen LogP) is 4.94. The highest BCUT2D eigenvalue weighted by atomic mass is 16.5. The molecular weight excluding hydrogens is 352 g/mol. The largest absolute Gasteiger partial charge is 0.497 e. The molecule has 5 heteroatoms. The zero-order valence-electron chi connectivity index (χ0n) is 16.3. The Bertz CT molecular complexity index is 952. The second kappa shape index (κ2) is 8.95. The molecule has 0 spiro atoms. The molecule has 0 radical (unpaired) electrons. The Balaban J connectivity index is 1.65. The number of aryl methyl sites for hydroxylation is 1. The summed E-state index contributed by atoms with van der Waals surface area (Å²) in [7, 11) is 3.25. The maximum absolute atomic E-state index is 12.3. The van der Waals surface area contributed by atoms with Gasteiger partial charge in [-0.25, -0.2) is 0 Å². The Morgan fingerprint density at radius 2 is 1.61 bits per heavy atom. The molecule has 1 amide bonds. The molecule has 0 aliphatic carbocycles. The maximum Gasteiger partial charge on any atom is 0.228 e. The SMILES string of the molecule is COc1ccc(OC)c(Nc2ccc(NC(=O)Cc3ccccc3C)cc2)c1. The third-order valence-corrected chi connectivity index (χ3v) is 4.47. The Morgan fingerprint density at radius 1 is 0.893 bits per heavy atom. The molecule has 0 fully saturated rings. The van der Waals surface area contributed by atoms with Crippen LogP contribution < -0.4 is 20.1 Å². The molecule has 2 N–H and O–H groups in total. The molecule has 0 aliphatic heterocycles. The lowest BCUT2D eigenvalue weighted by Gasteiger charge is -2.13. The number of hydrogen-bond donors (Lipinski definition) is 2. The molecule has 0 unspecified atom stereocenters. The second-order valence-corrected chi connectivity index (χ2v) is 6.42. The van der Waals surface area contributed by atoms with Crippen molar-refractivity contribution in [3.05, 3.63) is 77.9 Å². The van der Waals surface area contributed by atoms with Gasteiger partial charge in [0, 0.05) is 17.4 Å². The van der Waals surface area contributed by atoms with Crippen LogP contribution in [0.1, 0.15) is 11.1 Å². The molecule has 0 saturated heterocycles. The number of benzene rings is 3. The van der Waals surface area contributed by atoms with E-state index in [-0.39, 0.29) is 5.91 Å². The summed E-state index contributed by atoms with van der Waals surface area (Å²) in [5.41, 5.74) is 4.58. The van der Waals surface area contributed by atoms with E-state index in [0.29, 0.717) is 6.42 Å². The number of ether oxygens (including phenoxy) is 2. The minimum Gasteiger partial charge on any atom is -0.497 e. The number of carbonyl (C=O) groups is 1. The van der Waals surface area contributed by atoms with E-state index in [1.807, 2.05) is 73.7 Å². The van der Waals surface area contributed by atoms with Gasteiger partial charge in [0.15, 0.2) is 0 Å². The summed E-state index contributed by atoms with van der Waals surface area (Å²) in [5.74, 6) is 1.42. The minimum atomic E-state index is -0.0375. The molecule has 28 heavy (non-hydrogen) atoms. The van der Waals surface area contributed by atoms with E-state index in [1.54, 1.807) is 14.2 Å². The van der Waals surface area contributed by atoms with Crippen molar-refractivity contribution >= 4 is 23.0 Å². The summed E-state index contributed by atoms with van der Waals surface area (Å²) >= 11 is 0. The van der Waals surface area contributed by atoms with Gasteiger partial charge in [-0.15, -0.1) is 0 Å². The van der Waals surface area contributed by atoms with E-state index in [0.717, 1.165) is 39.7 Å². The molecular formula is C23H24N2O3. The second-order valence-electron chi connectivity index (χ2n) is 6.42. The fraction of sp³-hybridized carbons (Fsp3) is 0.174. The molecule has 0 saturated carbocycles. The average molecular weight is 376 g/mol. The average Bonchev–Trinajstić information content (AvgIpc) is 2.71. The van der Waals surface area contributed by atoms with Crippen LogP contribution in [0.4, 0.5) is 17.1 Å². The van der Waals surface area contributed by atoms with Gasteiger partial charge in [-0.2, -0.15) is 0 Å². The standard InChI is InChI=1S/C23H24N2O3/c1-16-6-4-5-7-17(16)14-23(26)25-19-10-8-18(9-11-19)24-21-15-20(27-2)12-13-22(21)28-3/h4-13,15,24H,14H2,1-3H3,(H,25,26).